The molecule has 0 aliphatic rings. The summed E-state index contributed by atoms with van der Waals surface area (Å²) >= 11 is 5.86. The van der Waals surface area contributed by atoms with Crippen molar-refractivity contribution in [3.05, 3.63) is 59.1 Å². The number of hydrogen-bond acceptors (Lipinski definition) is 3. The van der Waals surface area contributed by atoms with Crippen molar-refractivity contribution in [2.24, 2.45) is 0 Å². The fraction of sp³-hybridized carbons (Fsp3) is 0.300. The van der Waals surface area contributed by atoms with Gasteiger partial charge in [0.1, 0.15) is 6.29 Å². The van der Waals surface area contributed by atoms with Crippen molar-refractivity contribution >= 4 is 35.3 Å². The van der Waals surface area contributed by atoms with E-state index >= 15 is 0 Å². The van der Waals surface area contributed by atoms with Gasteiger partial charge >= 0.3 is 12.2 Å². The Bertz CT molecular complexity index is 811. The number of halogens is 4. The maximum Gasteiger partial charge on any atom is 0.416 e. The first-order valence-electron chi connectivity index (χ1n) is 8.86. The van der Waals surface area contributed by atoms with Crippen LogP contribution >= 0.6 is 11.6 Å². The van der Waals surface area contributed by atoms with Crippen molar-refractivity contribution in [1.29, 1.82) is 0 Å². The zero-order valence-electron chi connectivity index (χ0n) is 15.7. The van der Waals surface area contributed by atoms with Crippen LogP contribution in [0.3, 0.4) is 0 Å². The highest BCUT2D eigenvalue weighted by atomic mass is 35.5. The molecule has 9 heteroatoms. The summed E-state index contributed by atoms with van der Waals surface area (Å²) in [4.78, 5) is 25.2. The predicted octanol–water partition coefficient (Wildman–Crippen LogP) is 4.96. The van der Waals surface area contributed by atoms with Gasteiger partial charge in [-0.15, -0.1) is 0 Å². The summed E-state index contributed by atoms with van der Waals surface area (Å²) in [6.07, 6.45) is -2.75. The second-order valence-corrected chi connectivity index (χ2v) is 6.89. The van der Waals surface area contributed by atoms with Gasteiger partial charge in [0.15, 0.2) is 0 Å². The summed E-state index contributed by atoms with van der Waals surface area (Å²) in [5, 5.41) is 5.57. The third-order valence-corrected chi connectivity index (χ3v) is 4.48. The topological polar surface area (TPSA) is 61.4 Å². The molecule has 156 valence electrons. The molecule has 2 aromatic rings. The number of alkyl halides is 3. The second-order valence-electron chi connectivity index (χ2n) is 6.46. The number of nitrogens with one attached hydrogen (secondary N) is 2. The van der Waals surface area contributed by atoms with E-state index in [0.717, 1.165) is 30.0 Å². The molecule has 1 atom stereocenters. The van der Waals surface area contributed by atoms with Gasteiger partial charge in [0.05, 0.1) is 11.6 Å². The average molecular weight is 428 g/mol. The molecule has 2 aromatic carbocycles. The summed E-state index contributed by atoms with van der Waals surface area (Å²) in [6.45, 7) is 0.661. The maximum atomic E-state index is 12.6. The number of carbonyl (C=O) groups is 2. The number of urea groups is 1. The van der Waals surface area contributed by atoms with Crippen LogP contribution in [0, 0.1) is 0 Å². The molecule has 0 aliphatic heterocycles. The van der Waals surface area contributed by atoms with Gasteiger partial charge in [-0.3, -0.25) is 0 Å². The Morgan fingerprint density at radius 3 is 2.31 bits per heavy atom. The van der Waals surface area contributed by atoms with Gasteiger partial charge in [-0.1, -0.05) is 11.6 Å². The molecular weight excluding hydrogens is 407 g/mol. The van der Waals surface area contributed by atoms with E-state index in [2.05, 4.69) is 10.6 Å². The number of anilines is 2. The van der Waals surface area contributed by atoms with Crippen LogP contribution in [0.15, 0.2) is 48.5 Å². The molecule has 0 fully saturated rings. The minimum absolute atomic E-state index is 0.197. The van der Waals surface area contributed by atoms with Crippen molar-refractivity contribution in [2.45, 2.75) is 25.1 Å². The largest absolute Gasteiger partial charge is 0.416 e. The second kappa shape index (κ2) is 10.2. The zero-order chi connectivity index (χ0) is 21.4. The number of aldehydes is 1. The highest BCUT2D eigenvalue weighted by molar-refractivity contribution is 6.30. The first kappa shape index (κ1) is 22.5. The molecule has 0 saturated heterocycles. The predicted molar refractivity (Wildman–Crippen MR) is 107 cm³/mol. The Morgan fingerprint density at radius 1 is 1.14 bits per heavy atom. The standard InChI is InChI=1S/C20H21ClF3N3O2/c1-27(18-10-6-15(21)7-11-18)12-2-3-17(13-28)26-19(29)25-16-8-4-14(5-9-16)20(22,23)24/h4-11,13,17H,2-3,12H2,1H3,(H2,25,26,29). The molecule has 29 heavy (non-hydrogen) atoms. The number of rotatable bonds is 8. The Balaban J connectivity index is 1.79. The molecule has 5 nitrogen and oxygen atoms in total. The lowest BCUT2D eigenvalue weighted by atomic mass is 10.1. The summed E-state index contributed by atoms with van der Waals surface area (Å²) in [5.74, 6) is 0. The molecule has 0 aliphatic carbocycles. The maximum absolute atomic E-state index is 12.6. The lowest BCUT2D eigenvalue weighted by Crippen LogP contribution is -2.39. The molecule has 0 aromatic heterocycles. The highest BCUT2D eigenvalue weighted by Gasteiger charge is 2.30. The van der Waals surface area contributed by atoms with Gasteiger partial charge in [-0.05, 0) is 61.4 Å². The van der Waals surface area contributed by atoms with Crippen LogP contribution in [0.5, 0.6) is 0 Å². The SMILES string of the molecule is CN(CCCC(C=O)NC(=O)Nc1ccc(C(F)(F)F)cc1)c1ccc(Cl)cc1. The van der Waals surface area contributed by atoms with Crippen LogP contribution < -0.4 is 15.5 Å². The van der Waals surface area contributed by atoms with Crippen molar-refractivity contribution in [3.63, 3.8) is 0 Å². The number of amides is 2. The lowest BCUT2D eigenvalue weighted by Gasteiger charge is -2.20. The third kappa shape index (κ3) is 7.30. The molecule has 0 heterocycles. The fourth-order valence-corrected chi connectivity index (χ4v) is 2.75. The minimum atomic E-state index is -4.44. The van der Waals surface area contributed by atoms with E-state index in [1.807, 2.05) is 24.1 Å². The van der Waals surface area contributed by atoms with E-state index in [1.54, 1.807) is 12.1 Å². The summed E-state index contributed by atoms with van der Waals surface area (Å²) in [7, 11) is 1.91. The van der Waals surface area contributed by atoms with E-state index in [1.165, 1.54) is 0 Å². The van der Waals surface area contributed by atoms with Crippen molar-refractivity contribution in [3.8, 4) is 0 Å². The molecule has 1 unspecified atom stereocenters. The molecule has 0 saturated carbocycles. The molecule has 0 bridgehead atoms. The van der Waals surface area contributed by atoms with Crippen LogP contribution in [0.25, 0.3) is 0 Å². The number of nitrogens with zero attached hydrogens (tertiary/aromatic N) is 1. The minimum Gasteiger partial charge on any atom is -0.375 e. The van der Waals surface area contributed by atoms with Crippen LogP contribution in [-0.4, -0.2) is 32.0 Å². The first-order chi connectivity index (χ1) is 13.7. The zero-order valence-corrected chi connectivity index (χ0v) is 16.4. The molecule has 2 rings (SSSR count). The van der Waals surface area contributed by atoms with E-state index in [-0.39, 0.29) is 5.69 Å². The van der Waals surface area contributed by atoms with Gasteiger partial charge in [0.25, 0.3) is 0 Å². The normalized spacial score (nSPS) is 12.2. The third-order valence-electron chi connectivity index (χ3n) is 4.23. The molecular formula is C20H21ClF3N3O2. The monoisotopic (exact) mass is 427 g/mol. The molecule has 0 radical (unpaired) electrons. The Kier molecular flexibility index (Phi) is 7.90. The quantitative estimate of drug-likeness (QED) is 0.585. The average Bonchev–Trinajstić information content (AvgIpc) is 2.67. The fourth-order valence-electron chi connectivity index (χ4n) is 2.63. The summed E-state index contributed by atoms with van der Waals surface area (Å²) < 4.78 is 37.7. The number of carbonyl (C=O) groups excluding carboxylic acids is 2. The van der Waals surface area contributed by atoms with Crippen molar-refractivity contribution in [1.82, 2.24) is 5.32 Å². The van der Waals surface area contributed by atoms with Crippen LogP contribution in [0.1, 0.15) is 18.4 Å². The van der Waals surface area contributed by atoms with Gasteiger partial charge < -0.3 is 20.3 Å². The van der Waals surface area contributed by atoms with Gasteiger partial charge in [0.2, 0.25) is 0 Å². The van der Waals surface area contributed by atoms with E-state index < -0.39 is 23.8 Å². The Hall–Kier alpha value is -2.74. The molecule has 2 amide bonds. The smallest absolute Gasteiger partial charge is 0.375 e. The summed E-state index contributed by atoms with van der Waals surface area (Å²) in [6, 6.07) is 10.0. The van der Waals surface area contributed by atoms with E-state index in [0.29, 0.717) is 30.7 Å². The first-order valence-corrected chi connectivity index (χ1v) is 9.23. The van der Waals surface area contributed by atoms with Crippen molar-refractivity contribution < 1.29 is 22.8 Å². The van der Waals surface area contributed by atoms with Crippen LogP contribution in [0.4, 0.5) is 29.3 Å². The van der Waals surface area contributed by atoms with E-state index in [9.17, 15) is 22.8 Å². The molecule has 0 spiro atoms. The lowest BCUT2D eigenvalue weighted by molar-refractivity contribution is -0.137. The van der Waals surface area contributed by atoms with Gasteiger partial charge in [0, 0.05) is 30.0 Å². The highest BCUT2D eigenvalue weighted by Crippen LogP contribution is 2.29. The Morgan fingerprint density at radius 2 is 1.76 bits per heavy atom. The number of benzene rings is 2. The Labute approximate surface area is 171 Å². The van der Waals surface area contributed by atoms with Gasteiger partial charge in [-0.2, -0.15) is 13.2 Å². The van der Waals surface area contributed by atoms with Crippen LogP contribution in [-0.2, 0) is 11.0 Å². The number of hydrogen-bond donors (Lipinski definition) is 2. The summed E-state index contributed by atoms with van der Waals surface area (Å²) in [5.41, 5.74) is 0.367. The van der Waals surface area contributed by atoms with Crippen molar-refractivity contribution in [2.75, 3.05) is 23.8 Å². The molecule has 2 N–H and O–H groups in total. The van der Waals surface area contributed by atoms with Crippen LogP contribution in [0.2, 0.25) is 5.02 Å². The van der Waals surface area contributed by atoms with Gasteiger partial charge in [-0.25, -0.2) is 4.79 Å². The van der Waals surface area contributed by atoms with E-state index in [4.69, 9.17) is 11.6 Å².